The number of ether oxygens (including phenoxy) is 1. The number of aryl methyl sites for hydroxylation is 1. The van der Waals surface area contributed by atoms with E-state index in [0.29, 0.717) is 21.8 Å². The number of benzene rings is 2. The molecule has 3 aromatic rings. The Balaban J connectivity index is 1.97. The van der Waals surface area contributed by atoms with Crippen LogP contribution in [0.5, 0.6) is 5.75 Å². The zero-order valence-corrected chi connectivity index (χ0v) is 18.2. The Hall–Kier alpha value is -2.10. The molecule has 146 valence electrons. The van der Waals surface area contributed by atoms with Crippen LogP contribution in [-0.2, 0) is 0 Å². The Labute approximate surface area is 179 Å². The number of nitro groups is 1. The van der Waals surface area contributed by atoms with Crippen LogP contribution < -0.4 is 4.74 Å². The Morgan fingerprint density at radius 1 is 1.29 bits per heavy atom. The highest BCUT2D eigenvalue weighted by Gasteiger charge is 2.24. The maximum Gasteiger partial charge on any atom is 0.220 e. The third kappa shape index (κ3) is 4.65. The van der Waals surface area contributed by atoms with Crippen molar-refractivity contribution in [3.8, 4) is 11.4 Å². The zero-order valence-electron chi connectivity index (χ0n) is 15.0. The summed E-state index contributed by atoms with van der Waals surface area (Å²) in [6, 6.07) is 12.7. The molecule has 2 aromatic carbocycles. The van der Waals surface area contributed by atoms with Gasteiger partial charge in [0, 0.05) is 15.6 Å². The Bertz CT molecular complexity index is 997. The van der Waals surface area contributed by atoms with Gasteiger partial charge in [0.15, 0.2) is 5.16 Å². The van der Waals surface area contributed by atoms with Gasteiger partial charge in [-0.15, -0.1) is 10.2 Å². The van der Waals surface area contributed by atoms with Crippen LogP contribution in [-0.4, -0.2) is 33.3 Å². The van der Waals surface area contributed by atoms with Gasteiger partial charge in [-0.3, -0.25) is 14.7 Å². The molecule has 0 saturated heterocycles. The van der Waals surface area contributed by atoms with E-state index in [1.807, 2.05) is 35.8 Å². The lowest BCUT2D eigenvalue weighted by atomic mass is 10.1. The monoisotopic (exact) mass is 482 g/mol. The quantitative estimate of drug-likeness (QED) is 0.264. The van der Waals surface area contributed by atoms with Gasteiger partial charge in [0.1, 0.15) is 16.8 Å². The van der Waals surface area contributed by atoms with Crippen molar-refractivity contribution in [1.82, 2.24) is 14.8 Å². The molecule has 3 rings (SSSR count). The van der Waals surface area contributed by atoms with E-state index in [-0.39, 0.29) is 11.5 Å². The van der Waals surface area contributed by atoms with Crippen molar-refractivity contribution in [2.45, 2.75) is 17.3 Å². The van der Waals surface area contributed by atoms with Crippen LogP contribution in [0.1, 0.15) is 16.6 Å². The van der Waals surface area contributed by atoms with Gasteiger partial charge in [0.25, 0.3) is 0 Å². The van der Waals surface area contributed by atoms with E-state index >= 15 is 0 Å². The van der Waals surface area contributed by atoms with Gasteiger partial charge in [0.05, 0.1) is 11.6 Å². The fourth-order valence-electron chi connectivity index (χ4n) is 2.66. The Kier molecular flexibility index (Phi) is 6.58. The first-order valence-electron chi connectivity index (χ1n) is 8.19. The van der Waals surface area contributed by atoms with E-state index < -0.39 is 5.25 Å². The van der Waals surface area contributed by atoms with Crippen molar-refractivity contribution in [1.29, 1.82) is 0 Å². The fraction of sp³-hybridized carbons (Fsp3) is 0.222. The standard InChI is InChI=1S/C18H16BrClN4O3S/c1-11-21-22-18(24(11)14-6-4-13(20)5-7-14)28-17(10-23(25)26)12-3-8-16(27-2)15(19)9-12/h3-9,17H,10H2,1-2H3/t17-/m1/s1. The molecule has 0 aliphatic heterocycles. The van der Waals surface area contributed by atoms with E-state index in [9.17, 15) is 10.1 Å². The van der Waals surface area contributed by atoms with Crippen LogP contribution in [0, 0.1) is 17.0 Å². The van der Waals surface area contributed by atoms with E-state index in [4.69, 9.17) is 16.3 Å². The van der Waals surface area contributed by atoms with Gasteiger partial charge in [0.2, 0.25) is 6.54 Å². The predicted molar refractivity (Wildman–Crippen MR) is 112 cm³/mol. The highest BCUT2D eigenvalue weighted by Crippen LogP contribution is 2.38. The van der Waals surface area contributed by atoms with Gasteiger partial charge in [-0.25, -0.2) is 0 Å². The Morgan fingerprint density at radius 3 is 2.61 bits per heavy atom. The van der Waals surface area contributed by atoms with Crippen LogP contribution >= 0.6 is 39.3 Å². The summed E-state index contributed by atoms with van der Waals surface area (Å²) >= 11 is 10.7. The minimum Gasteiger partial charge on any atom is -0.496 e. The largest absolute Gasteiger partial charge is 0.496 e. The normalized spacial score (nSPS) is 12.0. The van der Waals surface area contributed by atoms with Crippen molar-refractivity contribution in [3.05, 3.63) is 73.5 Å². The lowest BCUT2D eigenvalue weighted by molar-refractivity contribution is -0.479. The smallest absolute Gasteiger partial charge is 0.220 e. The molecule has 28 heavy (non-hydrogen) atoms. The lowest BCUT2D eigenvalue weighted by Gasteiger charge is -2.15. The molecule has 0 amide bonds. The molecule has 0 radical (unpaired) electrons. The molecule has 0 fully saturated rings. The zero-order chi connectivity index (χ0) is 20.3. The second-order valence-electron chi connectivity index (χ2n) is 5.86. The van der Waals surface area contributed by atoms with E-state index in [2.05, 4.69) is 26.1 Å². The summed E-state index contributed by atoms with van der Waals surface area (Å²) in [6.45, 7) is 1.58. The van der Waals surface area contributed by atoms with E-state index in [0.717, 1.165) is 15.7 Å². The summed E-state index contributed by atoms with van der Waals surface area (Å²) in [4.78, 5) is 10.9. The summed E-state index contributed by atoms with van der Waals surface area (Å²) in [5.74, 6) is 1.34. The van der Waals surface area contributed by atoms with E-state index in [1.54, 1.807) is 25.3 Å². The summed E-state index contributed by atoms with van der Waals surface area (Å²) in [7, 11) is 1.57. The molecule has 1 atom stereocenters. The lowest BCUT2D eigenvalue weighted by Crippen LogP contribution is -2.11. The molecule has 0 saturated carbocycles. The van der Waals surface area contributed by atoms with Crippen molar-refractivity contribution >= 4 is 39.3 Å². The van der Waals surface area contributed by atoms with Crippen LogP contribution in [0.15, 0.2) is 52.1 Å². The van der Waals surface area contributed by atoms with Gasteiger partial charge in [-0.05, 0) is 64.8 Å². The minimum absolute atomic E-state index is 0.254. The average Bonchev–Trinajstić information content (AvgIpc) is 3.02. The first-order chi connectivity index (χ1) is 13.4. The topological polar surface area (TPSA) is 83.1 Å². The second-order valence-corrected chi connectivity index (χ2v) is 8.32. The van der Waals surface area contributed by atoms with Crippen LogP contribution in [0.3, 0.4) is 0 Å². The highest BCUT2D eigenvalue weighted by molar-refractivity contribution is 9.10. The van der Waals surface area contributed by atoms with Crippen molar-refractivity contribution in [2.24, 2.45) is 0 Å². The van der Waals surface area contributed by atoms with Crippen molar-refractivity contribution < 1.29 is 9.66 Å². The predicted octanol–water partition coefficient (Wildman–Crippen LogP) is 5.11. The summed E-state index contributed by atoms with van der Waals surface area (Å²) < 4.78 is 7.83. The van der Waals surface area contributed by atoms with Crippen LogP contribution in [0.2, 0.25) is 5.02 Å². The number of halogens is 2. The molecule has 1 aromatic heterocycles. The average molecular weight is 484 g/mol. The molecular weight excluding hydrogens is 468 g/mol. The number of thioether (sulfide) groups is 1. The molecule has 0 aliphatic carbocycles. The van der Waals surface area contributed by atoms with Gasteiger partial charge in [-0.2, -0.15) is 0 Å². The number of rotatable bonds is 7. The van der Waals surface area contributed by atoms with E-state index in [1.165, 1.54) is 11.8 Å². The molecule has 10 heteroatoms. The number of aromatic nitrogens is 3. The molecule has 0 bridgehead atoms. The number of methoxy groups -OCH3 is 1. The third-order valence-electron chi connectivity index (χ3n) is 3.99. The molecule has 7 nitrogen and oxygen atoms in total. The Morgan fingerprint density at radius 2 is 2.00 bits per heavy atom. The van der Waals surface area contributed by atoms with Gasteiger partial charge >= 0.3 is 0 Å². The summed E-state index contributed by atoms with van der Waals surface area (Å²) in [6.07, 6.45) is 0. The maximum atomic E-state index is 11.3. The summed E-state index contributed by atoms with van der Waals surface area (Å²) in [5, 5.41) is 20.4. The van der Waals surface area contributed by atoms with Crippen LogP contribution in [0.25, 0.3) is 5.69 Å². The number of nitrogens with zero attached hydrogens (tertiary/aromatic N) is 4. The second kappa shape index (κ2) is 8.93. The number of hydrogen-bond donors (Lipinski definition) is 0. The first kappa shape index (κ1) is 20.6. The summed E-state index contributed by atoms with van der Waals surface area (Å²) in [5.41, 5.74) is 1.63. The molecular formula is C18H16BrClN4O3S. The minimum atomic E-state index is -0.452. The highest BCUT2D eigenvalue weighted by atomic mass is 79.9. The van der Waals surface area contributed by atoms with Crippen molar-refractivity contribution in [2.75, 3.05) is 13.7 Å². The third-order valence-corrected chi connectivity index (χ3v) is 6.04. The SMILES string of the molecule is COc1ccc([C@@H](C[N+](=O)[O-])Sc2nnc(C)n2-c2ccc(Cl)cc2)cc1Br. The van der Waals surface area contributed by atoms with Gasteiger partial charge < -0.3 is 4.74 Å². The molecule has 0 N–H and O–H groups in total. The van der Waals surface area contributed by atoms with Crippen molar-refractivity contribution in [3.63, 3.8) is 0 Å². The molecule has 0 spiro atoms. The molecule has 1 heterocycles. The maximum absolute atomic E-state index is 11.3. The fourth-order valence-corrected chi connectivity index (χ4v) is 4.51. The van der Waals surface area contributed by atoms with Crippen LogP contribution in [0.4, 0.5) is 0 Å². The number of hydrogen-bond acceptors (Lipinski definition) is 6. The molecule has 0 unspecified atom stereocenters. The van der Waals surface area contributed by atoms with Gasteiger partial charge in [-0.1, -0.05) is 29.4 Å². The first-order valence-corrected chi connectivity index (χ1v) is 10.2. The molecule has 0 aliphatic rings.